The zero-order valence-electron chi connectivity index (χ0n) is 16.4. The van der Waals surface area contributed by atoms with Gasteiger partial charge in [0.15, 0.2) is 0 Å². The third-order valence-corrected chi connectivity index (χ3v) is 5.14. The van der Waals surface area contributed by atoms with Gasteiger partial charge >= 0.3 is 0 Å². The van der Waals surface area contributed by atoms with Crippen molar-refractivity contribution < 1.29 is 14.3 Å². The number of ether oxygens (including phenoxy) is 1. The van der Waals surface area contributed by atoms with Gasteiger partial charge in [-0.15, -0.1) is 0 Å². The lowest BCUT2D eigenvalue weighted by Gasteiger charge is -2.31. The number of rotatable bonds is 7. The number of hydrogen-bond acceptors (Lipinski definition) is 3. The van der Waals surface area contributed by atoms with E-state index in [4.69, 9.17) is 4.74 Å². The van der Waals surface area contributed by atoms with E-state index in [1.807, 2.05) is 66.4 Å². The molecule has 0 aromatic heterocycles. The van der Waals surface area contributed by atoms with Gasteiger partial charge in [-0.25, -0.2) is 0 Å². The summed E-state index contributed by atoms with van der Waals surface area (Å²) in [6.45, 7) is 3.85. The summed E-state index contributed by atoms with van der Waals surface area (Å²) in [7, 11) is 0. The zero-order chi connectivity index (χ0) is 19.8. The summed E-state index contributed by atoms with van der Waals surface area (Å²) in [4.78, 5) is 26.9. The van der Waals surface area contributed by atoms with Crippen LogP contribution < -0.4 is 10.1 Å². The molecule has 3 rings (SSSR count). The van der Waals surface area contributed by atoms with Crippen LogP contribution in [-0.4, -0.2) is 36.4 Å². The summed E-state index contributed by atoms with van der Waals surface area (Å²) in [6, 6.07) is 17.4. The zero-order valence-corrected chi connectivity index (χ0v) is 16.4. The Kier molecular flexibility index (Phi) is 7.06. The topological polar surface area (TPSA) is 58.6 Å². The van der Waals surface area contributed by atoms with E-state index in [1.54, 1.807) is 0 Å². The van der Waals surface area contributed by atoms with E-state index in [0.717, 1.165) is 17.0 Å². The molecule has 1 N–H and O–H groups in total. The van der Waals surface area contributed by atoms with Crippen molar-refractivity contribution in [3.8, 4) is 5.75 Å². The SMILES string of the molecule is CCOc1ccccc1CCC(=O)N1CCC(C(=O)Nc2ccccc2)CC1. The Morgan fingerprint density at radius 3 is 2.43 bits per heavy atom. The third kappa shape index (κ3) is 5.35. The molecule has 28 heavy (non-hydrogen) atoms. The second kappa shape index (κ2) is 9.93. The molecule has 1 fully saturated rings. The summed E-state index contributed by atoms with van der Waals surface area (Å²) in [5.41, 5.74) is 1.88. The van der Waals surface area contributed by atoms with Gasteiger partial charge in [0.05, 0.1) is 6.61 Å². The van der Waals surface area contributed by atoms with Gasteiger partial charge in [-0.05, 0) is 49.9 Å². The molecule has 5 nitrogen and oxygen atoms in total. The van der Waals surface area contributed by atoms with E-state index in [1.165, 1.54) is 0 Å². The molecule has 0 radical (unpaired) electrons. The summed E-state index contributed by atoms with van der Waals surface area (Å²) < 4.78 is 5.63. The van der Waals surface area contributed by atoms with Crippen molar-refractivity contribution >= 4 is 17.5 Å². The van der Waals surface area contributed by atoms with Gasteiger partial charge in [0.1, 0.15) is 5.75 Å². The van der Waals surface area contributed by atoms with Crippen molar-refractivity contribution in [1.82, 2.24) is 4.90 Å². The summed E-state index contributed by atoms with van der Waals surface area (Å²) in [6.07, 6.45) is 2.55. The Morgan fingerprint density at radius 2 is 1.71 bits per heavy atom. The van der Waals surface area contributed by atoms with Crippen LogP contribution in [0.25, 0.3) is 0 Å². The Labute approximate surface area is 166 Å². The van der Waals surface area contributed by atoms with Crippen LogP contribution in [0.5, 0.6) is 5.75 Å². The van der Waals surface area contributed by atoms with Crippen LogP contribution >= 0.6 is 0 Å². The standard InChI is InChI=1S/C23H28N2O3/c1-2-28-21-11-7-6-8-18(21)12-13-22(26)25-16-14-19(15-17-25)23(27)24-20-9-4-3-5-10-20/h3-11,19H,2,12-17H2,1H3,(H,24,27). The van der Waals surface area contributed by atoms with Crippen LogP contribution in [0, 0.1) is 5.92 Å². The number of amides is 2. The van der Waals surface area contributed by atoms with E-state index in [0.29, 0.717) is 45.4 Å². The van der Waals surface area contributed by atoms with E-state index < -0.39 is 0 Å². The Hall–Kier alpha value is -2.82. The van der Waals surface area contributed by atoms with Gasteiger partial charge in [-0.1, -0.05) is 36.4 Å². The largest absolute Gasteiger partial charge is 0.494 e. The number of nitrogens with zero attached hydrogens (tertiary/aromatic N) is 1. The maximum atomic E-state index is 12.6. The van der Waals surface area contributed by atoms with Crippen LogP contribution in [0.2, 0.25) is 0 Å². The van der Waals surface area contributed by atoms with Gasteiger partial charge in [-0.3, -0.25) is 9.59 Å². The molecular weight excluding hydrogens is 352 g/mol. The molecular formula is C23H28N2O3. The second-order valence-electron chi connectivity index (χ2n) is 7.05. The summed E-state index contributed by atoms with van der Waals surface area (Å²) >= 11 is 0. The molecule has 1 aliphatic rings. The maximum absolute atomic E-state index is 12.6. The molecule has 0 aliphatic carbocycles. The first-order valence-corrected chi connectivity index (χ1v) is 10.0. The van der Waals surface area contributed by atoms with Crippen LogP contribution in [-0.2, 0) is 16.0 Å². The van der Waals surface area contributed by atoms with Crippen molar-refractivity contribution in [1.29, 1.82) is 0 Å². The van der Waals surface area contributed by atoms with Crippen molar-refractivity contribution in [2.24, 2.45) is 5.92 Å². The van der Waals surface area contributed by atoms with E-state index >= 15 is 0 Å². The number of carbonyl (C=O) groups is 2. The molecule has 0 spiro atoms. The molecule has 1 heterocycles. The van der Waals surface area contributed by atoms with Crippen LogP contribution in [0.15, 0.2) is 54.6 Å². The highest BCUT2D eigenvalue weighted by Gasteiger charge is 2.27. The smallest absolute Gasteiger partial charge is 0.227 e. The number of aryl methyl sites for hydroxylation is 1. The fourth-order valence-corrected chi connectivity index (χ4v) is 3.56. The number of benzene rings is 2. The minimum Gasteiger partial charge on any atom is -0.494 e. The number of likely N-dealkylation sites (tertiary alicyclic amines) is 1. The van der Waals surface area contributed by atoms with E-state index in [2.05, 4.69) is 5.32 Å². The third-order valence-electron chi connectivity index (χ3n) is 5.14. The average molecular weight is 380 g/mol. The average Bonchev–Trinajstić information content (AvgIpc) is 2.74. The first-order valence-electron chi connectivity index (χ1n) is 10.0. The molecule has 1 aliphatic heterocycles. The lowest BCUT2D eigenvalue weighted by atomic mass is 9.95. The molecule has 2 aromatic carbocycles. The van der Waals surface area contributed by atoms with Crippen LogP contribution in [0.4, 0.5) is 5.69 Å². The number of para-hydroxylation sites is 2. The van der Waals surface area contributed by atoms with E-state index in [-0.39, 0.29) is 17.7 Å². The highest BCUT2D eigenvalue weighted by atomic mass is 16.5. The van der Waals surface area contributed by atoms with Gasteiger partial charge in [0.25, 0.3) is 0 Å². The fourth-order valence-electron chi connectivity index (χ4n) is 3.56. The second-order valence-corrected chi connectivity index (χ2v) is 7.05. The quantitative estimate of drug-likeness (QED) is 0.793. The lowest BCUT2D eigenvalue weighted by molar-refractivity contribution is -0.134. The first kappa shape index (κ1) is 19.9. The van der Waals surface area contributed by atoms with Crippen molar-refractivity contribution in [3.63, 3.8) is 0 Å². The minimum absolute atomic E-state index is 0.0389. The molecule has 0 unspecified atom stereocenters. The number of carbonyl (C=O) groups excluding carboxylic acids is 2. The molecule has 148 valence electrons. The number of piperidine rings is 1. The van der Waals surface area contributed by atoms with Crippen LogP contribution in [0.1, 0.15) is 31.7 Å². The monoisotopic (exact) mass is 380 g/mol. The van der Waals surface area contributed by atoms with Crippen LogP contribution in [0.3, 0.4) is 0 Å². The van der Waals surface area contributed by atoms with Gasteiger partial charge in [-0.2, -0.15) is 0 Å². The van der Waals surface area contributed by atoms with Crippen molar-refractivity contribution in [2.45, 2.75) is 32.6 Å². The molecule has 5 heteroatoms. The summed E-state index contributed by atoms with van der Waals surface area (Å²) in [5, 5.41) is 2.96. The molecule has 0 bridgehead atoms. The highest BCUT2D eigenvalue weighted by molar-refractivity contribution is 5.92. The van der Waals surface area contributed by atoms with E-state index in [9.17, 15) is 9.59 Å². The predicted octanol–water partition coefficient (Wildman–Crippen LogP) is 3.90. The summed E-state index contributed by atoms with van der Waals surface area (Å²) in [5.74, 6) is 1.01. The molecule has 1 saturated heterocycles. The molecule has 0 atom stereocenters. The fraction of sp³-hybridized carbons (Fsp3) is 0.391. The number of anilines is 1. The number of nitrogens with one attached hydrogen (secondary N) is 1. The van der Waals surface area contributed by atoms with Gasteiger partial charge in [0.2, 0.25) is 11.8 Å². The first-order chi connectivity index (χ1) is 13.7. The molecule has 0 saturated carbocycles. The highest BCUT2D eigenvalue weighted by Crippen LogP contribution is 2.22. The lowest BCUT2D eigenvalue weighted by Crippen LogP contribution is -2.41. The Morgan fingerprint density at radius 1 is 1.04 bits per heavy atom. The van der Waals surface area contributed by atoms with Gasteiger partial charge in [0, 0.05) is 31.1 Å². The Balaban J connectivity index is 1.45. The maximum Gasteiger partial charge on any atom is 0.227 e. The minimum atomic E-state index is -0.0389. The number of hydrogen-bond donors (Lipinski definition) is 1. The molecule has 2 aromatic rings. The van der Waals surface area contributed by atoms with Crippen molar-refractivity contribution in [3.05, 3.63) is 60.2 Å². The molecule has 2 amide bonds. The Bertz CT molecular complexity index is 783. The predicted molar refractivity (Wildman–Crippen MR) is 110 cm³/mol. The normalized spacial score (nSPS) is 14.5. The van der Waals surface area contributed by atoms with Gasteiger partial charge < -0.3 is 15.0 Å². The van der Waals surface area contributed by atoms with Crippen molar-refractivity contribution in [2.75, 3.05) is 25.0 Å².